The van der Waals surface area contributed by atoms with Crippen molar-refractivity contribution in [3.05, 3.63) is 58.7 Å². The molecule has 0 bridgehead atoms. The van der Waals surface area contributed by atoms with Gasteiger partial charge in [0.15, 0.2) is 5.69 Å². The molecule has 3 aromatic rings. The minimum absolute atomic E-state index is 0.111. The molecule has 0 radical (unpaired) electrons. The number of benzene rings is 1. The minimum atomic E-state index is -0.357. The molecule has 4 heterocycles. The number of aromatic amines is 1. The largest absolute Gasteiger partial charge is 0.497 e. The number of nitrogens with zero attached hydrogens (tertiary/aromatic N) is 6. The quantitative estimate of drug-likeness (QED) is 0.637. The third kappa shape index (κ3) is 4.38. The van der Waals surface area contributed by atoms with Crippen LogP contribution in [0.3, 0.4) is 0 Å². The summed E-state index contributed by atoms with van der Waals surface area (Å²) >= 11 is 0. The van der Waals surface area contributed by atoms with Crippen LogP contribution in [0, 0.1) is 0 Å². The van der Waals surface area contributed by atoms with Gasteiger partial charge in [0.25, 0.3) is 5.91 Å². The molecule has 11 heteroatoms. The smallest absolute Gasteiger partial charge is 0.410 e. The van der Waals surface area contributed by atoms with Gasteiger partial charge in [0.05, 0.1) is 25.9 Å². The molecular formula is C22H25N7O4. The highest BCUT2D eigenvalue weighted by atomic mass is 16.6. The molecule has 2 aromatic heterocycles. The van der Waals surface area contributed by atoms with Crippen LogP contribution in [0.1, 0.15) is 33.1 Å². The van der Waals surface area contributed by atoms with Crippen LogP contribution in [0.25, 0.3) is 0 Å². The van der Waals surface area contributed by atoms with Crippen molar-refractivity contribution in [2.45, 2.75) is 32.5 Å². The van der Waals surface area contributed by atoms with Gasteiger partial charge in [-0.15, -0.1) is 5.10 Å². The van der Waals surface area contributed by atoms with Crippen LogP contribution in [-0.4, -0.2) is 73.7 Å². The van der Waals surface area contributed by atoms with Gasteiger partial charge in [-0.1, -0.05) is 17.3 Å². The number of nitrogens with one attached hydrogen (secondary N) is 1. The molecule has 0 aliphatic carbocycles. The maximum absolute atomic E-state index is 13.0. The van der Waals surface area contributed by atoms with E-state index < -0.39 is 0 Å². The van der Waals surface area contributed by atoms with E-state index in [-0.39, 0.29) is 18.6 Å². The summed E-state index contributed by atoms with van der Waals surface area (Å²) in [5.74, 6) is 0.646. The number of rotatable bonds is 4. The SMILES string of the molecule is COc1ccc(COC(=O)N2CCc3cc(C(=O)N4CCc5[nH]nnc5C4)nn3CC2)cc1. The minimum Gasteiger partial charge on any atom is -0.497 e. The second kappa shape index (κ2) is 8.93. The Kier molecular flexibility index (Phi) is 5.68. The molecule has 172 valence electrons. The number of aromatic nitrogens is 5. The lowest BCUT2D eigenvalue weighted by Gasteiger charge is -2.24. The maximum Gasteiger partial charge on any atom is 0.410 e. The zero-order valence-corrected chi connectivity index (χ0v) is 18.4. The standard InChI is InChI=1S/C22H25N7O4/c1-32-17-4-2-15(3-5-17)14-33-22(31)27-8-6-16-12-19(25-29(16)11-10-27)21(30)28-9-7-18-20(13-28)24-26-23-18/h2-5,12H,6-11,13-14H2,1H3,(H,23,24,26). The molecule has 0 spiro atoms. The van der Waals surface area contributed by atoms with Crippen molar-refractivity contribution in [3.63, 3.8) is 0 Å². The molecular weight excluding hydrogens is 426 g/mol. The van der Waals surface area contributed by atoms with Gasteiger partial charge in [-0.05, 0) is 23.8 Å². The van der Waals surface area contributed by atoms with E-state index in [0.29, 0.717) is 51.3 Å². The molecule has 0 saturated carbocycles. The van der Waals surface area contributed by atoms with Crippen molar-refractivity contribution < 1.29 is 19.1 Å². The van der Waals surface area contributed by atoms with Crippen molar-refractivity contribution in [2.75, 3.05) is 26.7 Å². The van der Waals surface area contributed by atoms with E-state index in [0.717, 1.165) is 28.4 Å². The molecule has 1 N–H and O–H groups in total. The number of ether oxygens (including phenoxy) is 2. The number of H-pyrrole nitrogens is 1. The zero-order chi connectivity index (χ0) is 22.8. The lowest BCUT2D eigenvalue weighted by atomic mass is 10.1. The first-order valence-electron chi connectivity index (χ1n) is 10.9. The summed E-state index contributed by atoms with van der Waals surface area (Å²) in [6.07, 6.45) is 0.949. The van der Waals surface area contributed by atoms with Gasteiger partial charge in [-0.2, -0.15) is 5.10 Å². The average Bonchev–Trinajstić information content (AvgIpc) is 3.44. The highest BCUT2D eigenvalue weighted by Gasteiger charge is 2.28. The third-order valence-corrected chi connectivity index (χ3v) is 6.05. The summed E-state index contributed by atoms with van der Waals surface area (Å²) in [7, 11) is 1.61. The van der Waals surface area contributed by atoms with Crippen LogP contribution in [0.5, 0.6) is 5.75 Å². The van der Waals surface area contributed by atoms with Crippen molar-refractivity contribution >= 4 is 12.0 Å². The first-order valence-corrected chi connectivity index (χ1v) is 10.9. The van der Waals surface area contributed by atoms with Gasteiger partial charge in [-0.3, -0.25) is 14.6 Å². The first-order chi connectivity index (χ1) is 16.1. The number of carbonyl (C=O) groups excluding carboxylic acids is 2. The van der Waals surface area contributed by atoms with E-state index in [9.17, 15) is 9.59 Å². The van der Waals surface area contributed by atoms with Crippen molar-refractivity contribution in [1.29, 1.82) is 0 Å². The average molecular weight is 451 g/mol. The van der Waals surface area contributed by atoms with Crippen molar-refractivity contribution in [1.82, 2.24) is 35.0 Å². The molecule has 33 heavy (non-hydrogen) atoms. The highest BCUT2D eigenvalue weighted by molar-refractivity contribution is 5.92. The lowest BCUT2D eigenvalue weighted by molar-refractivity contribution is 0.0723. The molecule has 2 aliphatic rings. The van der Waals surface area contributed by atoms with Gasteiger partial charge >= 0.3 is 6.09 Å². The molecule has 0 atom stereocenters. The van der Waals surface area contributed by atoms with Gasteiger partial charge in [-0.25, -0.2) is 4.79 Å². The molecule has 0 fully saturated rings. The fraction of sp³-hybridized carbons (Fsp3) is 0.409. The van der Waals surface area contributed by atoms with Crippen LogP contribution >= 0.6 is 0 Å². The number of amides is 2. The Labute approximate surface area is 190 Å². The summed E-state index contributed by atoms with van der Waals surface area (Å²) in [5, 5.41) is 15.3. The molecule has 5 rings (SSSR count). The monoisotopic (exact) mass is 451 g/mol. The van der Waals surface area contributed by atoms with Crippen LogP contribution in [0.2, 0.25) is 0 Å². The Bertz CT molecular complexity index is 1130. The number of carbonyl (C=O) groups is 2. The highest BCUT2D eigenvalue weighted by Crippen LogP contribution is 2.19. The van der Waals surface area contributed by atoms with E-state index in [1.807, 2.05) is 35.0 Å². The van der Waals surface area contributed by atoms with E-state index in [1.54, 1.807) is 16.9 Å². The number of hydrogen-bond acceptors (Lipinski definition) is 7. The second-order valence-electron chi connectivity index (χ2n) is 8.10. The fourth-order valence-electron chi connectivity index (χ4n) is 4.11. The van der Waals surface area contributed by atoms with Crippen LogP contribution in [-0.2, 0) is 37.3 Å². The molecule has 2 aliphatic heterocycles. The number of hydrogen-bond donors (Lipinski definition) is 1. The molecule has 1 aromatic carbocycles. The summed E-state index contributed by atoms with van der Waals surface area (Å²) in [6, 6.07) is 9.23. The Morgan fingerprint density at radius 1 is 1.06 bits per heavy atom. The van der Waals surface area contributed by atoms with Gasteiger partial charge in [0.2, 0.25) is 0 Å². The second-order valence-corrected chi connectivity index (χ2v) is 8.10. The summed E-state index contributed by atoms with van der Waals surface area (Å²) in [6.45, 7) is 2.72. The van der Waals surface area contributed by atoms with Gasteiger partial charge in [0, 0.05) is 38.2 Å². The van der Waals surface area contributed by atoms with E-state index in [4.69, 9.17) is 9.47 Å². The van der Waals surface area contributed by atoms with Crippen molar-refractivity contribution in [3.8, 4) is 5.75 Å². The first kappa shape index (κ1) is 21.0. The molecule has 11 nitrogen and oxygen atoms in total. The predicted octanol–water partition coefficient (Wildman–Crippen LogP) is 1.40. The predicted molar refractivity (Wildman–Crippen MR) is 116 cm³/mol. The number of fused-ring (bicyclic) bond motifs is 2. The van der Waals surface area contributed by atoms with E-state index >= 15 is 0 Å². The Hall–Kier alpha value is -3.89. The zero-order valence-electron chi connectivity index (χ0n) is 18.4. The van der Waals surface area contributed by atoms with Crippen LogP contribution in [0.4, 0.5) is 4.79 Å². The lowest BCUT2D eigenvalue weighted by Crippen LogP contribution is -2.36. The summed E-state index contributed by atoms with van der Waals surface area (Å²) in [4.78, 5) is 28.9. The molecule has 0 saturated heterocycles. The number of methoxy groups -OCH3 is 1. The van der Waals surface area contributed by atoms with Gasteiger partial charge in [0.1, 0.15) is 18.1 Å². The Morgan fingerprint density at radius 3 is 2.70 bits per heavy atom. The van der Waals surface area contributed by atoms with Crippen molar-refractivity contribution in [2.24, 2.45) is 0 Å². The Balaban J connectivity index is 1.16. The molecule has 2 amide bonds. The maximum atomic E-state index is 13.0. The van der Waals surface area contributed by atoms with Gasteiger partial charge < -0.3 is 19.3 Å². The molecule has 0 unspecified atom stereocenters. The topological polar surface area (TPSA) is 118 Å². The fourth-order valence-corrected chi connectivity index (χ4v) is 4.11. The van der Waals surface area contributed by atoms with Crippen LogP contribution < -0.4 is 4.74 Å². The third-order valence-electron chi connectivity index (χ3n) is 6.05. The summed E-state index contributed by atoms with van der Waals surface area (Å²) < 4.78 is 12.4. The summed E-state index contributed by atoms with van der Waals surface area (Å²) in [5.41, 5.74) is 4.04. The Morgan fingerprint density at radius 2 is 1.88 bits per heavy atom. The van der Waals surface area contributed by atoms with Crippen LogP contribution in [0.15, 0.2) is 30.3 Å². The normalized spacial score (nSPS) is 15.4. The van der Waals surface area contributed by atoms with E-state index in [2.05, 4.69) is 20.5 Å². The van der Waals surface area contributed by atoms with E-state index in [1.165, 1.54) is 0 Å².